The van der Waals surface area contributed by atoms with Gasteiger partial charge in [0.25, 0.3) is 5.91 Å². The second kappa shape index (κ2) is 10.7. The molecular weight excluding hydrogens is 480 g/mol. The molecule has 1 aliphatic heterocycles. The maximum Gasteiger partial charge on any atom is 0.295 e. The van der Waals surface area contributed by atoms with Crippen molar-refractivity contribution in [2.75, 3.05) is 11.9 Å². The summed E-state index contributed by atoms with van der Waals surface area (Å²) in [5.41, 5.74) is 3.43. The average Bonchev–Trinajstić information content (AvgIpc) is 3.49. The Morgan fingerprint density at radius 3 is 2.79 bits per heavy atom. The molecule has 0 radical (unpaired) electrons. The molecule has 1 aliphatic rings. The van der Waals surface area contributed by atoms with E-state index in [1.54, 1.807) is 19.9 Å². The lowest BCUT2D eigenvalue weighted by molar-refractivity contribution is 0.0641. The number of aliphatic hydroxyl groups is 1. The van der Waals surface area contributed by atoms with Crippen molar-refractivity contribution in [3.05, 3.63) is 83.6 Å². The number of fused-ring (bicyclic) bond motifs is 1. The fourth-order valence-corrected chi connectivity index (χ4v) is 4.66. The summed E-state index contributed by atoms with van der Waals surface area (Å²) in [4.78, 5) is 17.5. The molecule has 0 saturated carbocycles. The number of carbonyl (C=O) groups excluding carboxylic acids is 1. The van der Waals surface area contributed by atoms with Crippen molar-refractivity contribution in [1.82, 2.24) is 25.0 Å². The summed E-state index contributed by atoms with van der Waals surface area (Å²) in [6, 6.07) is 17.8. The predicted molar refractivity (Wildman–Crippen MR) is 144 cm³/mol. The van der Waals surface area contributed by atoms with E-state index in [1.165, 1.54) is 6.20 Å². The molecule has 1 atom stereocenters. The number of nitrogens with one attached hydrogen (secondary N) is 1. The van der Waals surface area contributed by atoms with Crippen molar-refractivity contribution in [2.45, 2.75) is 58.1 Å². The summed E-state index contributed by atoms with van der Waals surface area (Å²) in [7, 11) is 0. The number of aryl methyl sites for hydroxylation is 2. The van der Waals surface area contributed by atoms with Crippen molar-refractivity contribution < 1.29 is 14.6 Å². The van der Waals surface area contributed by atoms with Gasteiger partial charge in [0.05, 0.1) is 35.8 Å². The van der Waals surface area contributed by atoms with Crippen LogP contribution in [-0.2, 0) is 6.42 Å². The summed E-state index contributed by atoms with van der Waals surface area (Å²) >= 11 is 0. The van der Waals surface area contributed by atoms with Crippen molar-refractivity contribution in [1.29, 1.82) is 0 Å². The molecule has 1 unspecified atom stereocenters. The molecule has 9 nitrogen and oxygen atoms in total. The highest BCUT2D eigenvalue weighted by molar-refractivity contribution is 6.01. The second-order valence-electron chi connectivity index (χ2n) is 10.3. The molecule has 9 heteroatoms. The highest BCUT2D eigenvalue weighted by Crippen LogP contribution is 2.31. The van der Waals surface area contributed by atoms with E-state index < -0.39 is 11.5 Å². The van der Waals surface area contributed by atoms with Gasteiger partial charge in [-0.2, -0.15) is 10.2 Å². The van der Waals surface area contributed by atoms with E-state index in [1.807, 2.05) is 48.0 Å². The first-order chi connectivity index (χ1) is 18.3. The summed E-state index contributed by atoms with van der Waals surface area (Å²) in [6.07, 6.45) is 4.59. The minimum atomic E-state index is -0.710. The molecule has 196 valence electrons. The van der Waals surface area contributed by atoms with Gasteiger partial charge in [-0.3, -0.25) is 4.79 Å². The number of nitrogens with zero attached hydrogens (tertiary/aromatic N) is 5. The zero-order valence-electron chi connectivity index (χ0n) is 21.9. The Bertz CT molecular complexity index is 1430. The molecule has 3 heterocycles. The molecule has 1 amide bonds. The number of hydrogen-bond donors (Lipinski definition) is 2. The number of hydrogen-bond acceptors (Lipinski definition) is 7. The average molecular weight is 513 g/mol. The molecule has 2 N–H and O–H groups in total. The summed E-state index contributed by atoms with van der Waals surface area (Å²) in [6.45, 7) is 6.07. The fraction of sp³-hybridized carbons (Fsp3) is 0.345. The molecule has 2 aromatic carbocycles. The monoisotopic (exact) mass is 512 g/mol. The van der Waals surface area contributed by atoms with Gasteiger partial charge < -0.3 is 15.2 Å². The van der Waals surface area contributed by atoms with Crippen molar-refractivity contribution in [3.63, 3.8) is 0 Å². The quantitative estimate of drug-likeness (QED) is 0.311. The van der Waals surface area contributed by atoms with Gasteiger partial charge in [0, 0.05) is 12.0 Å². The summed E-state index contributed by atoms with van der Waals surface area (Å²) < 4.78 is 7.75. The van der Waals surface area contributed by atoms with E-state index in [0.717, 1.165) is 41.8 Å². The fourth-order valence-electron chi connectivity index (χ4n) is 4.66. The van der Waals surface area contributed by atoms with Crippen LogP contribution in [0.1, 0.15) is 66.7 Å². The normalized spacial score (nSPS) is 14.8. The lowest BCUT2D eigenvalue weighted by atomic mass is 10.0. The van der Waals surface area contributed by atoms with E-state index in [9.17, 15) is 9.90 Å². The van der Waals surface area contributed by atoms with E-state index in [4.69, 9.17) is 4.74 Å². The minimum absolute atomic E-state index is 0.0852. The van der Waals surface area contributed by atoms with Crippen molar-refractivity contribution in [2.24, 2.45) is 0 Å². The molecule has 38 heavy (non-hydrogen) atoms. The van der Waals surface area contributed by atoms with Crippen LogP contribution in [-0.4, -0.2) is 48.2 Å². The molecule has 0 aliphatic carbocycles. The van der Waals surface area contributed by atoms with Gasteiger partial charge in [0.15, 0.2) is 0 Å². The number of ether oxygens (including phenoxy) is 1. The lowest BCUT2D eigenvalue weighted by Crippen LogP contribution is -2.19. The number of amides is 1. The molecular formula is C29H32N6O3. The van der Waals surface area contributed by atoms with Crippen LogP contribution in [0.15, 0.2) is 60.8 Å². The van der Waals surface area contributed by atoms with E-state index in [0.29, 0.717) is 30.2 Å². The third kappa shape index (κ3) is 5.89. The minimum Gasteiger partial charge on any atom is -0.494 e. The Morgan fingerprint density at radius 2 is 2.00 bits per heavy atom. The molecule has 5 rings (SSSR count). The van der Waals surface area contributed by atoms with E-state index >= 15 is 0 Å². The Hall–Kier alpha value is -4.11. The van der Waals surface area contributed by atoms with Crippen LogP contribution in [0.3, 0.4) is 0 Å². The first-order valence-corrected chi connectivity index (χ1v) is 12.9. The Kier molecular flexibility index (Phi) is 7.20. The van der Waals surface area contributed by atoms with Gasteiger partial charge in [-0.15, -0.1) is 5.10 Å². The van der Waals surface area contributed by atoms with Crippen LogP contribution < -0.4 is 10.1 Å². The van der Waals surface area contributed by atoms with Crippen LogP contribution in [0.25, 0.3) is 11.3 Å². The Balaban J connectivity index is 1.28. The molecule has 0 fully saturated rings. The first kappa shape index (κ1) is 25.5. The maximum absolute atomic E-state index is 13.0. The molecule has 0 bridgehead atoms. The zero-order chi connectivity index (χ0) is 26.7. The van der Waals surface area contributed by atoms with Crippen LogP contribution in [0.4, 0.5) is 5.69 Å². The van der Waals surface area contributed by atoms with Gasteiger partial charge in [-0.25, -0.2) is 9.67 Å². The number of rotatable bonds is 9. The molecule has 4 aromatic rings. The molecule has 0 spiro atoms. The number of aromatic nitrogens is 5. The first-order valence-electron chi connectivity index (χ1n) is 12.9. The largest absolute Gasteiger partial charge is 0.494 e. The maximum atomic E-state index is 13.0. The lowest BCUT2D eigenvalue weighted by Gasteiger charge is -2.17. The van der Waals surface area contributed by atoms with E-state index in [-0.39, 0.29) is 11.9 Å². The van der Waals surface area contributed by atoms with Crippen molar-refractivity contribution in [3.8, 4) is 17.0 Å². The van der Waals surface area contributed by atoms with Crippen molar-refractivity contribution >= 4 is 11.6 Å². The van der Waals surface area contributed by atoms with Gasteiger partial charge in [0.2, 0.25) is 5.82 Å². The Morgan fingerprint density at radius 1 is 1.18 bits per heavy atom. The third-order valence-electron chi connectivity index (χ3n) is 6.62. The summed E-state index contributed by atoms with van der Waals surface area (Å²) in [5, 5.41) is 25.7. The smallest absolute Gasteiger partial charge is 0.295 e. The number of benzene rings is 2. The topological polar surface area (TPSA) is 115 Å². The van der Waals surface area contributed by atoms with Gasteiger partial charge in [-0.05, 0) is 69.4 Å². The zero-order valence-corrected chi connectivity index (χ0v) is 21.9. The molecule has 2 aromatic heterocycles. The van der Waals surface area contributed by atoms with E-state index in [2.05, 4.69) is 37.7 Å². The van der Waals surface area contributed by atoms with Gasteiger partial charge in [0.1, 0.15) is 11.6 Å². The highest BCUT2D eigenvalue weighted by atomic mass is 16.5. The number of anilines is 1. The van der Waals surface area contributed by atoms with Crippen LogP contribution in [0, 0.1) is 6.92 Å². The Labute approximate surface area is 221 Å². The third-order valence-corrected chi connectivity index (χ3v) is 6.62. The van der Waals surface area contributed by atoms with Gasteiger partial charge in [-0.1, -0.05) is 36.4 Å². The number of carbonyl (C=O) groups is 1. The van der Waals surface area contributed by atoms with Crippen LogP contribution in [0.2, 0.25) is 0 Å². The van der Waals surface area contributed by atoms with Gasteiger partial charge >= 0.3 is 0 Å². The highest BCUT2D eigenvalue weighted by Gasteiger charge is 2.28. The van der Waals surface area contributed by atoms with Crippen LogP contribution in [0.5, 0.6) is 5.75 Å². The second-order valence-corrected chi connectivity index (χ2v) is 10.3. The molecule has 0 saturated heterocycles. The standard InChI is InChI=1S/C29H32N6O3/c1-19-10-11-22(38-15-7-14-29(2,3)37)17-23(19)24-16-21(18-30-33-24)31-28(36)27-32-26-13-12-25(35(26)34-27)20-8-5-4-6-9-20/h4-6,8-11,16-18,25,37H,7,12-15H2,1-3H3,(H,31,33,36). The van der Waals surface area contributed by atoms with Crippen LogP contribution >= 0.6 is 0 Å². The SMILES string of the molecule is Cc1ccc(OCCCC(C)(C)O)cc1-c1cc(NC(=O)c2nc3n(n2)C(c2ccccc2)CC3)cnn1. The predicted octanol–water partition coefficient (Wildman–Crippen LogP) is 4.76. The summed E-state index contributed by atoms with van der Waals surface area (Å²) in [5.74, 6) is 1.27.